The zero-order valence-corrected chi connectivity index (χ0v) is 19.3. The minimum Gasteiger partial charge on any atom is -0.489 e. The lowest BCUT2D eigenvalue weighted by atomic mass is 9.97. The van der Waals surface area contributed by atoms with E-state index in [4.69, 9.17) is 19.3 Å². The van der Waals surface area contributed by atoms with Gasteiger partial charge in [-0.1, -0.05) is 60.7 Å². The summed E-state index contributed by atoms with van der Waals surface area (Å²) in [6.07, 6.45) is 0.774. The van der Waals surface area contributed by atoms with Crippen LogP contribution in [0.15, 0.2) is 108 Å². The van der Waals surface area contributed by atoms with Crippen molar-refractivity contribution in [2.45, 2.75) is 19.1 Å². The number of fused-ring (bicyclic) bond motifs is 1. The van der Waals surface area contributed by atoms with Crippen LogP contribution in [-0.2, 0) is 6.61 Å². The molecule has 0 fully saturated rings. The molecule has 0 aromatic heterocycles. The van der Waals surface area contributed by atoms with E-state index in [9.17, 15) is 0 Å². The van der Waals surface area contributed by atoms with Gasteiger partial charge >= 0.3 is 0 Å². The highest BCUT2D eigenvalue weighted by atomic mass is 16.6. The average molecular weight is 463 g/mol. The number of hydrogen-bond donors (Lipinski definition) is 0. The van der Waals surface area contributed by atoms with Crippen molar-refractivity contribution in [3.05, 3.63) is 120 Å². The summed E-state index contributed by atoms with van der Waals surface area (Å²) in [6, 6.07) is 35.0. The molecule has 2 aliphatic rings. The van der Waals surface area contributed by atoms with Crippen molar-refractivity contribution in [2.24, 2.45) is 5.10 Å². The molecule has 6 rings (SSSR count). The minimum absolute atomic E-state index is 0.0564. The summed E-state index contributed by atoms with van der Waals surface area (Å²) in [5.41, 5.74) is 5.44. The third-order valence-electron chi connectivity index (χ3n) is 6.30. The zero-order valence-electron chi connectivity index (χ0n) is 19.3. The fourth-order valence-electron chi connectivity index (χ4n) is 4.54. The molecule has 4 aromatic rings. The van der Waals surface area contributed by atoms with Gasteiger partial charge in [-0.05, 0) is 53.6 Å². The maximum Gasteiger partial charge on any atom is 0.162 e. The van der Waals surface area contributed by atoms with Gasteiger partial charge in [-0.3, -0.25) is 5.01 Å². The summed E-state index contributed by atoms with van der Waals surface area (Å²) in [4.78, 5) is 0. The summed E-state index contributed by atoms with van der Waals surface area (Å²) in [5, 5.41) is 7.18. The molecule has 0 saturated heterocycles. The Morgan fingerprint density at radius 1 is 0.771 bits per heavy atom. The zero-order chi connectivity index (χ0) is 23.5. The Hall–Kier alpha value is -4.25. The fourth-order valence-corrected chi connectivity index (χ4v) is 4.54. The Balaban J connectivity index is 1.29. The summed E-state index contributed by atoms with van der Waals surface area (Å²) in [6.45, 7) is 1.69. The van der Waals surface area contributed by atoms with Gasteiger partial charge in [0.1, 0.15) is 25.6 Å². The van der Waals surface area contributed by atoms with Crippen LogP contribution < -0.4 is 19.2 Å². The molecule has 4 aromatic carbocycles. The molecule has 2 heterocycles. The van der Waals surface area contributed by atoms with E-state index in [-0.39, 0.29) is 6.04 Å². The number of hydrogen-bond acceptors (Lipinski definition) is 5. The first kappa shape index (κ1) is 21.3. The van der Waals surface area contributed by atoms with Gasteiger partial charge in [0.25, 0.3) is 0 Å². The highest BCUT2D eigenvalue weighted by molar-refractivity contribution is 6.03. The van der Waals surface area contributed by atoms with Crippen molar-refractivity contribution in [3.63, 3.8) is 0 Å². The number of nitrogens with zero attached hydrogens (tertiary/aromatic N) is 2. The van der Waals surface area contributed by atoms with E-state index in [2.05, 4.69) is 53.5 Å². The van der Waals surface area contributed by atoms with Gasteiger partial charge in [-0.15, -0.1) is 0 Å². The normalized spacial score (nSPS) is 16.6. The second-order valence-corrected chi connectivity index (χ2v) is 8.65. The number of benzene rings is 4. The van der Waals surface area contributed by atoms with Crippen LogP contribution in [-0.4, -0.2) is 18.9 Å². The van der Waals surface area contributed by atoms with Gasteiger partial charge in [0.05, 0.1) is 17.4 Å². The Morgan fingerprint density at radius 3 is 2.37 bits per heavy atom. The number of para-hydroxylation sites is 1. The molecule has 1 atom stereocenters. The Morgan fingerprint density at radius 2 is 1.54 bits per heavy atom. The summed E-state index contributed by atoms with van der Waals surface area (Å²) >= 11 is 0. The Bertz CT molecular complexity index is 1340. The van der Waals surface area contributed by atoms with E-state index in [1.165, 1.54) is 0 Å². The van der Waals surface area contributed by atoms with E-state index in [0.29, 0.717) is 19.8 Å². The fraction of sp³-hybridized carbons (Fsp3) is 0.167. The van der Waals surface area contributed by atoms with Crippen LogP contribution >= 0.6 is 0 Å². The average Bonchev–Trinajstić information content (AvgIpc) is 3.39. The van der Waals surface area contributed by atoms with Gasteiger partial charge in [-0.25, -0.2) is 0 Å². The number of ether oxygens (including phenoxy) is 3. The van der Waals surface area contributed by atoms with E-state index in [0.717, 1.165) is 51.8 Å². The van der Waals surface area contributed by atoms with Crippen molar-refractivity contribution in [1.29, 1.82) is 0 Å². The molecule has 174 valence electrons. The van der Waals surface area contributed by atoms with Crippen LogP contribution in [0.25, 0.3) is 0 Å². The topological polar surface area (TPSA) is 43.3 Å². The van der Waals surface area contributed by atoms with Crippen molar-refractivity contribution in [1.82, 2.24) is 0 Å². The second-order valence-electron chi connectivity index (χ2n) is 8.65. The number of anilines is 1. The molecule has 0 amide bonds. The monoisotopic (exact) mass is 462 g/mol. The maximum absolute atomic E-state index is 6.12. The van der Waals surface area contributed by atoms with Crippen molar-refractivity contribution in [2.75, 3.05) is 18.2 Å². The van der Waals surface area contributed by atoms with Crippen molar-refractivity contribution in [3.8, 4) is 17.2 Å². The third kappa shape index (κ3) is 4.58. The van der Waals surface area contributed by atoms with Gasteiger partial charge in [0.15, 0.2) is 11.5 Å². The van der Waals surface area contributed by atoms with Crippen LogP contribution in [0.4, 0.5) is 5.69 Å². The predicted molar refractivity (Wildman–Crippen MR) is 137 cm³/mol. The number of hydrazone groups is 1. The van der Waals surface area contributed by atoms with Gasteiger partial charge in [-0.2, -0.15) is 5.10 Å². The molecular formula is C30H26N2O3. The van der Waals surface area contributed by atoms with Crippen molar-refractivity contribution >= 4 is 11.4 Å². The van der Waals surface area contributed by atoms with Gasteiger partial charge < -0.3 is 14.2 Å². The Kier molecular flexibility index (Phi) is 5.81. The van der Waals surface area contributed by atoms with Crippen molar-refractivity contribution < 1.29 is 14.2 Å². The first-order chi connectivity index (χ1) is 17.3. The van der Waals surface area contributed by atoms with E-state index in [1.807, 2.05) is 54.6 Å². The SMILES string of the molecule is c1ccc(COc2cccc(C3CC(c4ccc5c(c4)OCCO5)=NN3c3ccccc3)c2)cc1. The molecule has 5 nitrogen and oxygen atoms in total. The molecule has 0 spiro atoms. The van der Waals surface area contributed by atoms with Gasteiger partial charge in [0, 0.05) is 12.0 Å². The predicted octanol–water partition coefficient (Wildman–Crippen LogP) is 6.39. The lowest BCUT2D eigenvalue weighted by molar-refractivity contribution is 0.171. The molecule has 0 bridgehead atoms. The third-order valence-corrected chi connectivity index (χ3v) is 6.30. The van der Waals surface area contributed by atoms with E-state index < -0.39 is 0 Å². The van der Waals surface area contributed by atoms with E-state index >= 15 is 0 Å². The molecule has 5 heteroatoms. The Labute approximate surface area is 205 Å². The van der Waals surface area contributed by atoms with E-state index in [1.54, 1.807) is 0 Å². The quantitative estimate of drug-likeness (QED) is 0.333. The standard InChI is InChI=1S/C30H26N2O3/c1-3-8-22(9-4-1)21-35-26-13-7-10-24(18-26)28-20-27(31-32(28)25-11-5-2-6-12-25)23-14-15-29-30(19-23)34-17-16-33-29/h1-15,18-19,28H,16-17,20-21H2. The first-order valence-corrected chi connectivity index (χ1v) is 11.9. The highest BCUT2D eigenvalue weighted by Crippen LogP contribution is 2.39. The van der Waals surface area contributed by atoms with Crippen LogP contribution in [0.3, 0.4) is 0 Å². The molecule has 35 heavy (non-hydrogen) atoms. The lowest BCUT2D eigenvalue weighted by Crippen LogP contribution is -2.18. The molecule has 0 saturated carbocycles. The molecule has 1 unspecified atom stereocenters. The van der Waals surface area contributed by atoms with Crippen LogP contribution in [0.2, 0.25) is 0 Å². The molecule has 2 aliphatic heterocycles. The lowest BCUT2D eigenvalue weighted by Gasteiger charge is -2.24. The largest absolute Gasteiger partial charge is 0.489 e. The minimum atomic E-state index is 0.0564. The van der Waals surface area contributed by atoms with Crippen LogP contribution in [0.5, 0.6) is 17.2 Å². The van der Waals surface area contributed by atoms with Crippen LogP contribution in [0.1, 0.15) is 29.2 Å². The molecule has 0 aliphatic carbocycles. The molecule has 0 N–H and O–H groups in total. The highest BCUT2D eigenvalue weighted by Gasteiger charge is 2.30. The first-order valence-electron chi connectivity index (χ1n) is 11.9. The number of rotatable bonds is 6. The smallest absolute Gasteiger partial charge is 0.162 e. The summed E-state index contributed by atoms with van der Waals surface area (Å²) < 4.78 is 17.6. The van der Waals surface area contributed by atoms with Gasteiger partial charge in [0.2, 0.25) is 0 Å². The molecular weight excluding hydrogens is 436 g/mol. The van der Waals surface area contributed by atoms with Crippen LogP contribution in [0, 0.1) is 0 Å². The summed E-state index contributed by atoms with van der Waals surface area (Å²) in [7, 11) is 0. The summed E-state index contributed by atoms with van der Waals surface area (Å²) in [5.74, 6) is 2.42. The maximum atomic E-state index is 6.12. The molecule has 0 radical (unpaired) electrons. The second kappa shape index (κ2) is 9.55.